The van der Waals surface area contributed by atoms with Crippen LogP contribution in [-0.2, 0) is 18.2 Å². The molecule has 1 rings (SSSR count). The van der Waals surface area contributed by atoms with Crippen molar-refractivity contribution < 1.29 is 4.74 Å². The van der Waals surface area contributed by atoms with Crippen molar-refractivity contribution in [2.75, 3.05) is 26.8 Å². The highest BCUT2D eigenvalue weighted by atomic mass is 16.5. The molecule has 0 aliphatic heterocycles. The summed E-state index contributed by atoms with van der Waals surface area (Å²) in [4.78, 5) is 0. The van der Waals surface area contributed by atoms with Gasteiger partial charge in [-0.15, -0.1) is 0 Å². The smallest absolute Gasteiger partial charge is 0.0587 e. The first-order valence-corrected chi connectivity index (χ1v) is 4.93. The Balaban J connectivity index is 2.21. The van der Waals surface area contributed by atoms with E-state index in [1.807, 2.05) is 17.9 Å². The minimum absolute atomic E-state index is 0.770. The van der Waals surface area contributed by atoms with Crippen molar-refractivity contribution in [1.82, 2.24) is 15.1 Å². The van der Waals surface area contributed by atoms with Gasteiger partial charge in [-0.3, -0.25) is 4.68 Å². The molecule has 1 heterocycles. The first-order chi connectivity index (χ1) is 6.75. The van der Waals surface area contributed by atoms with Crippen LogP contribution in [-0.4, -0.2) is 36.6 Å². The number of rotatable bonds is 6. The van der Waals surface area contributed by atoms with Crippen LogP contribution < -0.4 is 5.32 Å². The first-order valence-electron chi connectivity index (χ1n) is 4.93. The fraction of sp³-hybridized carbons (Fsp3) is 0.700. The van der Waals surface area contributed by atoms with Crippen molar-refractivity contribution in [3.8, 4) is 0 Å². The molecule has 0 saturated heterocycles. The molecule has 4 nitrogen and oxygen atoms in total. The Morgan fingerprint density at radius 3 is 2.86 bits per heavy atom. The lowest BCUT2D eigenvalue weighted by Crippen LogP contribution is -2.21. The zero-order chi connectivity index (χ0) is 10.4. The Morgan fingerprint density at radius 2 is 2.29 bits per heavy atom. The SMILES string of the molecule is COCCNCCc1cnn(C)c1C. The summed E-state index contributed by atoms with van der Waals surface area (Å²) in [6, 6.07) is 0. The quantitative estimate of drug-likeness (QED) is 0.675. The lowest BCUT2D eigenvalue weighted by Gasteiger charge is -2.03. The van der Waals surface area contributed by atoms with E-state index < -0.39 is 0 Å². The van der Waals surface area contributed by atoms with Gasteiger partial charge >= 0.3 is 0 Å². The molecular formula is C10H19N3O. The molecule has 0 radical (unpaired) electrons. The number of aromatic nitrogens is 2. The van der Waals surface area contributed by atoms with E-state index in [9.17, 15) is 0 Å². The summed E-state index contributed by atoms with van der Waals surface area (Å²) in [5, 5.41) is 7.50. The van der Waals surface area contributed by atoms with E-state index in [1.165, 1.54) is 11.3 Å². The number of methoxy groups -OCH3 is 1. The Bertz CT molecular complexity index is 270. The van der Waals surface area contributed by atoms with E-state index in [0.717, 1.165) is 26.1 Å². The zero-order valence-electron chi connectivity index (χ0n) is 9.21. The Hall–Kier alpha value is -0.870. The minimum atomic E-state index is 0.770. The third kappa shape index (κ3) is 3.12. The standard InChI is InChI=1S/C10H19N3O/c1-9-10(8-12-13(9)2)4-5-11-6-7-14-3/h8,11H,4-7H2,1-3H3. The summed E-state index contributed by atoms with van der Waals surface area (Å²) in [6.45, 7) is 4.76. The second-order valence-corrected chi connectivity index (χ2v) is 3.37. The van der Waals surface area contributed by atoms with Crippen LogP contribution in [0.25, 0.3) is 0 Å². The number of aryl methyl sites for hydroxylation is 1. The molecule has 4 heteroatoms. The average Bonchev–Trinajstić information content (AvgIpc) is 2.49. The van der Waals surface area contributed by atoms with Crippen LogP contribution >= 0.6 is 0 Å². The molecule has 0 aliphatic rings. The number of hydrogen-bond donors (Lipinski definition) is 1. The number of hydrogen-bond acceptors (Lipinski definition) is 3. The Labute approximate surface area is 85.3 Å². The van der Waals surface area contributed by atoms with Crippen LogP contribution in [0.5, 0.6) is 0 Å². The molecule has 1 aromatic rings. The van der Waals surface area contributed by atoms with Gasteiger partial charge in [0.05, 0.1) is 12.8 Å². The van der Waals surface area contributed by atoms with Gasteiger partial charge in [-0.25, -0.2) is 0 Å². The van der Waals surface area contributed by atoms with Gasteiger partial charge in [-0.2, -0.15) is 5.10 Å². The highest BCUT2D eigenvalue weighted by Crippen LogP contribution is 2.05. The molecule has 0 aromatic carbocycles. The fourth-order valence-electron chi connectivity index (χ4n) is 1.31. The first kappa shape index (κ1) is 11.2. The topological polar surface area (TPSA) is 39.1 Å². The molecule has 0 atom stereocenters. The van der Waals surface area contributed by atoms with Gasteiger partial charge in [0, 0.05) is 26.4 Å². The van der Waals surface area contributed by atoms with Crippen LogP contribution in [0, 0.1) is 6.92 Å². The van der Waals surface area contributed by atoms with E-state index in [4.69, 9.17) is 4.74 Å². The van der Waals surface area contributed by atoms with Crippen LogP contribution in [0.1, 0.15) is 11.3 Å². The van der Waals surface area contributed by atoms with Gasteiger partial charge in [0.2, 0.25) is 0 Å². The summed E-state index contributed by atoms with van der Waals surface area (Å²) in [6.07, 6.45) is 2.97. The summed E-state index contributed by atoms with van der Waals surface area (Å²) in [5.74, 6) is 0. The van der Waals surface area contributed by atoms with E-state index in [0.29, 0.717) is 0 Å². The second kappa shape index (κ2) is 5.78. The predicted molar refractivity (Wildman–Crippen MR) is 56.4 cm³/mol. The van der Waals surface area contributed by atoms with Gasteiger partial charge in [0.15, 0.2) is 0 Å². The van der Waals surface area contributed by atoms with E-state index in [2.05, 4.69) is 17.3 Å². The zero-order valence-corrected chi connectivity index (χ0v) is 9.21. The van der Waals surface area contributed by atoms with Gasteiger partial charge in [-0.05, 0) is 25.5 Å². The Morgan fingerprint density at radius 1 is 1.50 bits per heavy atom. The number of ether oxygens (including phenoxy) is 1. The summed E-state index contributed by atoms with van der Waals surface area (Å²) >= 11 is 0. The summed E-state index contributed by atoms with van der Waals surface area (Å²) < 4.78 is 6.85. The lowest BCUT2D eigenvalue weighted by atomic mass is 10.2. The van der Waals surface area contributed by atoms with Crippen molar-refractivity contribution >= 4 is 0 Å². The Kier molecular flexibility index (Phi) is 4.62. The maximum absolute atomic E-state index is 4.94. The largest absolute Gasteiger partial charge is 0.383 e. The van der Waals surface area contributed by atoms with Crippen LogP contribution in [0.2, 0.25) is 0 Å². The third-order valence-electron chi connectivity index (χ3n) is 2.39. The average molecular weight is 197 g/mol. The molecule has 14 heavy (non-hydrogen) atoms. The van der Waals surface area contributed by atoms with E-state index in [1.54, 1.807) is 7.11 Å². The molecule has 80 valence electrons. The van der Waals surface area contributed by atoms with Gasteiger partial charge in [-0.1, -0.05) is 0 Å². The van der Waals surface area contributed by atoms with Gasteiger partial charge < -0.3 is 10.1 Å². The second-order valence-electron chi connectivity index (χ2n) is 3.37. The summed E-state index contributed by atoms with van der Waals surface area (Å²) in [7, 11) is 3.68. The molecule has 0 fully saturated rings. The minimum Gasteiger partial charge on any atom is -0.383 e. The normalized spacial score (nSPS) is 10.8. The van der Waals surface area contributed by atoms with E-state index in [-0.39, 0.29) is 0 Å². The monoisotopic (exact) mass is 197 g/mol. The third-order valence-corrected chi connectivity index (χ3v) is 2.39. The van der Waals surface area contributed by atoms with Crippen molar-refractivity contribution in [3.05, 3.63) is 17.5 Å². The van der Waals surface area contributed by atoms with Crippen molar-refractivity contribution in [1.29, 1.82) is 0 Å². The maximum Gasteiger partial charge on any atom is 0.0587 e. The highest BCUT2D eigenvalue weighted by molar-refractivity contribution is 5.15. The van der Waals surface area contributed by atoms with E-state index >= 15 is 0 Å². The molecule has 0 amide bonds. The molecule has 0 unspecified atom stereocenters. The lowest BCUT2D eigenvalue weighted by molar-refractivity contribution is 0.199. The molecule has 0 spiro atoms. The molecule has 0 aliphatic carbocycles. The molecule has 0 saturated carbocycles. The number of nitrogens with one attached hydrogen (secondary N) is 1. The van der Waals surface area contributed by atoms with Crippen molar-refractivity contribution in [2.45, 2.75) is 13.3 Å². The van der Waals surface area contributed by atoms with Crippen molar-refractivity contribution in [3.63, 3.8) is 0 Å². The molecule has 1 N–H and O–H groups in total. The molecular weight excluding hydrogens is 178 g/mol. The van der Waals surface area contributed by atoms with Crippen LogP contribution in [0.4, 0.5) is 0 Å². The van der Waals surface area contributed by atoms with Gasteiger partial charge in [0.1, 0.15) is 0 Å². The molecule has 1 aromatic heterocycles. The van der Waals surface area contributed by atoms with Crippen LogP contribution in [0.15, 0.2) is 6.20 Å². The fourth-order valence-corrected chi connectivity index (χ4v) is 1.31. The molecule has 0 bridgehead atoms. The van der Waals surface area contributed by atoms with Gasteiger partial charge in [0.25, 0.3) is 0 Å². The predicted octanol–water partition coefficient (Wildman–Crippen LogP) is 0.507. The highest BCUT2D eigenvalue weighted by Gasteiger charge is 2.01. The van der Waals surface area contributed by atoms with Crippen molar-refractivity contribution in [2.24, 2.45) is 7.05 Å². The van der Waals surface area contributed by atoms with Crippen LogP contribution in [0.3, 0.4) is 0 Å². The number of nitrogens with zero attached hydrogens (tertiary/aromatic N) is 2. The maximum atomic E-state index is 4.94. The summed E-state index contributed by atoms with van der Waals surface area (Å²) in [5.41, 5.74) is 2.57.